The van der Waals surface area contributed by atoms with Crippen molar-refractivity contribution in [2.75, 3.05) is 26.7 Å². The summed E-state index contributed by atoms with van der Waals surface area (Å²) >= 11 is 0. The Kier molecular flexibility index (Phi) is 6.88. The van der Waals surface area contributed by atoms with E-state index in [1.807, 2.05) is 12.1 Å². The second-order valence-corrected chi connectivity index (χ2v) is 5.12. The van der Waals surface area contributed by atoms with Crippen LogP contribution in [0.4, 0.5) is 0 Å². The summed E-state index contributed by atoms with van der Waals surface area (Å²) in [5.74, 6) is -1.29. The Morgan fingerprint density at radius 1 is 1.14 bits per heavy atom. The Balaban J connectivity index is 2.69. The number of carbonyl (C=O) groups excluding carboxylic acids is 1. The first kappa shape index (κ1) is 17.2. The van der Waals surface area contributed by atoms with Gasteiger partial charge in [-0.2, -0.15) is 0 Å². The third-order valence-corrected chi connectivity index (χ3v) is 3.31. The van der Waals surface area contributed by atoms with E-state index in [1.54, 1.807) is 12.1 Å². The van der Waals surface area contributed by atoms with Crippen LogP contribution in [0.1, 0.15) is 36.2 Å². The molecule has 0 unspecified atom stereocenters. The zero-order valence-corrected chi connectivity index (χ0v) is 13.0. The summed E-state index contributed by atoms with van der Waals surface area (Å²) < 4.78 is 0. The maximum atomic E-state index is 12.0. The van der Waals surface area contributed by atoms with Gasteiger partial charge in [0.2, 0.25) is 0 Å². The van der Waals surface area contributed by atoms with Crippen LogP contribution in [0.3, 0.4) is 0 Å². The van der Waals surface area contributed by atoms with Gasteiger partial charge in [-0.1, -0.05) is 26.0 Å². The van der Waals surface area contributed by atoms with Gasteiger partial charge in [0.15, 0.2) is 0 Å². The standard InChI is InChI=1S/C16H24N2O3/c1-4-10-18(5-2)11-13-6-8-14(9-7-13)16(21)17(3)12-15(19)20/h6-9H,4-5,10-12H2,1-3H3,(H,19,20). The van der Waals surface area contributed by atoms with E-state index in [9.17, 15) is 9.59 Å². The highest BCUT2D eigenvalue weighted by Gasteiger charge is 2.14. The molecule has 1 amide bonds. The Morgan fingerprint density at radius 2 is 1.76 bits per heavy atom. The molecule has 0 fully saturated rings. The van der Waals surface area contributed by atoms with Gasteiger partial charge >= 0.3 is 5.97 Å². The molecule has 0 spiro atoms. The summed E-state index contributed by atoms with van der Waals surface area (Å²) in [6.07, 6.45) is 1.12. The van der Waals surface area contributed by atoms with Gasteiger partial charge in [-0.3, -0.25) is 14.5 Å². The van der Waals surface area contributed by atoms with Crippen molar-refractivity contribution in [3.63, 3.8) is 0 Å². The molecular formula is C16H24N2O3. The van der Waals surface area contributed by atoms with Crippen LogP contribution in [0.2, 0.25) is 0 Å². The molecule has 5 heteroatoms. The minimum Gasteiger partial charge on any atom is -0.480 e. The van der Waals surface area contributed by atoms with Crippen molar-refractivity contribution in [2.45, 2.75) is 26.8 Å². The fourth-order valence-corrected chi connectivity index (χ4v) is 2.17. The van der Waals surface area contributed by atoms with Crippen LogP contribution in [-0.2, 0) is 11.3 Å². The van der Waals surface area contributed by atoms with Crippen LogP contribution in [0, 0.1) is 0 Å². The predicted molar refractivity (Wildman–Crippen MR) is 82.3 cm³/mol. The third kappa shape index (κ3) is 5.55. The molecule has 1 aromatic rings. The zero-order chi connectivity index (χ0) is 15.8. The van der Waals surface area contributed by atoms with E-state index < -0.39 is 5.97 Å². The van der Waals surface area contributed by atoms with E-state index in [-0.39, 0.29) is 12.5 Å². The maximum Gasteiger partial charge on any atom is 0.323 e. The number of carboxylic acids is 1. The average Bonchev–Trinajstić information content (AvgIpc) is 2.46. The van der Waals surface area contributed by atoms with E-state index in [0.717, 1.165) is 31.6 Å². The van der Waals surface area contributed by atoms with E-state index in [4.69, 9.17) is 5.11 Å². The molecule has 5 nitrogen and oxygen atoms in total. The number of rotatable bonds is 8. The number of hydrogen-bond acceptors (Lipinski definition) is 3. The predicted octanol–water partition coefficient (Wildman–Crippen LogP) is 2.08. The Hall–Kier alpha value is -1.88. The van der Waals surface area contributed by atoms with Crippen molar-refractivity contribution < 1.29 is 14.7 Å². The number of aliphatic carboxylic acids is 1. The van der Waals surface area contributed by atoms with E-state index >= 15 is 0 Å². The molecule has 0 aliphatic rings. The lowest BCUT2D eigenvalue weighted by atomic mass is 10.1. The molecule has 0 atom stereocenters. The number of benzene rings is 1. The van der Waals surface area contributed by atoms with Crippen LogP contribution in [0.25, 0.3) is 0 Å². The fourth-order valence-electron chi connectivity index (χ4n) is 2.17. The van der Waals surface area contributed by atoms with Gasteiger partial charge < -0.3 is 10.0 Å². The number of amides is 1. The first-order valence-corrected chi connectivity index (χ1v) is 7.26. The SMILES string of the molecule is CCCN(CC)Cc1ccc(C(=O)N(C)CC(=O)O)cc1. The number of carboxylic acid groups (broad SMARTS) is 1. The van der Waals surface area contributed by atoms with Crippen LogP contribution >= 0.6 is 0 Å². The van der Waals surface area contributed by atoms with Gasteiger partial charge in [0.1, 0.15) is 6.54 Å². The topological polar surface area (TPSA) is 60.9 Å². The summed E-state index contributed by atoms with van der Waals surface area (Å²) in [7, 11) is 1.49. The van der Waals surface area contributed by atoms with Crippen molar-refractivity contribution in [2.24, 2.45) is 0 Å². The number of nitrogens with zero attached hydrogens (tertiary/aromatic N) is 2. The number of likely N-dealkylation sites (N-methyl/N-ethyl adjacent to an activating group) is 1. The molecule has 21 heavy (non-hydrogen) atoms. The normalized spacial score (nSPS) is 10.7. The summed E-state index contributed by atoms with van der Waals surface area (Å²) in [6, 6.07) is 7.38. The first-order valence-electron chi connectivity index (χ1n) is 7.26. The van der Waals surface area contributed by atoms with Crippen molar-refractivity contribution in [1.82, 2.24) is 9.80 Å². The lowest BCUT2D eigenvalue weighted by Gasteiger charge is -2.20. The van der Waals surface area contributed by atoms with Crippen LogP contribution in [-0.4, -0.2) is 53.5 Å². The quantitative estimate of drug-likeness (QED) is 0.797. The van der Waals surface area contributed by atoms with E-state index in [2.05, 4.69) is 18.7 Å². The van der Waals surface area contributed by atoms with Crippen LogP contribution in [0.15, 0.2) is 24.3 Å². The molecule has 1 aromatic carbocycles. The highest BCUT2D eigenvalue weighted by molar-refractivity contribution is 5.95. The summed E-state index contributed by atoms with van der Waals surface area (Å²) in [6.45, 7) is 6.91. The molecule has 0 saturated carbocycles. The van der Waals surface area contributed by atoms with E-state index in [0.29, 0.717) is 5.56 Å². The molecule has 1 rings (SSSR count). The highest BCUT2D eigenvalue weighted by atomic mass is 16.4. The van der Waals surface area contributed by atoms with Gasteiger partial charge in [0.25, 0.3) is 5.91 Å². The Bertz CT molecular complexity index is 471. The van der Waals surface area contributed by atoms with Gasteiger partial charge in [-0.05, 0) is 37.2 Å². The molecule has 0 aliphatic carbocycles. The minimum atomic E-state index is -1.01. The second-order valence-electron chi connectivity index (χ2n) is 5.12. The lowest BCUT2D eigenvalue weighted by molar-refractivity contribution is -0.137. The van der Waals surface area contributed by atoms with Gasteiger partial charge in [-0.25, -0.2) is 0 Å². The molecule has 0 aromatic heterocycles. The second kappa shape index (κ2) is 8.42. The van der Waals surface area contributed by atoms with Gasteiger partial charge in [0, 0.05) is 19.2 Å². The minimum absolute atomic E-state index is 0.273. The van der Waals surface area contributed by atoms with Crippen LogP contribution < -0.4 is 0 Å². The van der Waals surface area contributed by atoms with Gasteiger partial charge in [-0.15, -0.1) is 0 Å². The van der Waals surface area contributed by atoms with Crippen molar-refractivity contribution in [1.29, 1.82) is 0 Å². The summed E-state index contributed by atoms with van der Waals surface area (Å²) in [4.78, 5) is 26.2. The van der Waals surface area contributed by atoms with Crippen molar-refractivity contribution in [3.05, 3.63) is 35.4 Å². The summed E-state index contributed by atoms with van der Waals surface area (Å²) in [5.41, 5.74) is 1.67. The molecule has 1 N–H and O–H groups in total. The average molecular weight is 292 g/mol. The lowest BCUT2D eigenvalue weighted by Crippen LogP contribution is -2.31. The molecule has 0 bridgehead atoms. The zero-order valence-electron chi connectivity index (χ0n) is 13.0. The highest BCUT2D eigenvalue weighted by Crippen LogP contribution is 2.10. The maximum absolute atomic E-state index is 12.0. The van der Waals surface area contributed by atoms with Crippen molar-refractivity contribution in [3.8, 4) is 0 Å². The van der Waals surface area contributed by atoms with Gasteiger partial charge in [0.05, 0.1) is 0 Å². The molecule has 0 radical (unpaired) electrons. The molecule has 116 valence electrons. The third-order valence-electron chi connectivity index (χ3n) is 3.31. The monoisotopic (exact) mass is 292 g/mol. The number of hydrogen-bond donors (Lipinski definition) is 1. The largest absolute Gasteiger partial charge is 0.480 e. The number of carbonyl (C=O) groups is 2. The smallest absolute Gasteiger partial charge is 0.323 e. The molecular weight excluding hydrogens is 268 g/mol. The fraction of sp³-hybridized carbons (Fsp3) is 0.500. The summed E-state index contributed by atoms with van der Waals surface area (Å²) in [5, 5.41) is 8.70. The Morgan fingerprint density at radius 3 is 2.24 bits per heavy atom. The molecule has 0 heterocycles. The van der Waals surface area contributed by atoms with Crippen molar-refractivity contribution >= 4 is 11.9 Å². The Labute approximate surface area is 126 Å². The van der Waals surface area contributed by atoms with E-state index in [1.165, 1.54) is 11.9 Å². The molecule has 0 saturated heterocycles. The van der Waals surface area contributed by atoms with Crippen LogP contribution in [0.5, 0.6) is 0 Å². The molecule has 0 aliphatic heterocycles. The first-order chi connectivity index (χ1) is 9.97.